The molecule has 0 aliphatic heterocycles. The van der Waals surface area contributed by atoms with Crippen LogP contribution in [0.3, 0.4) is 0 Å². The quantitative estimate of drug-likeness (QED) is 0.387. The molecule has 5 nitrogen and oxygen atoms in total. The largest absolute Gasteiger partial charge is 0.396 e. The van der Waals surface area contributed by atoms with Crippen LogP contribution in [0.4, 0.5) is 0 Å². The van der Waals surface area contributed by atoms with E-state index in [0.717, 1.165) is 32.2 Å². The summed E-state index contributed by atoms with van der Waals surface area (Å²) in [6.45, 7) is 11.4. The summed E-state index contributed by atoms with van der Waals surface area (Å²) in [5, 5.41) is 36.8. The van der Waals surface area contributed by atoms with Gasteiger partial charge in [-0.15, -0.1) is 0 Å². The van der Waals surface area contributed by atoms with E-state index in [2.05, 4.69) is 32.6 Å². The SMILES string of the molecule is CC(C)(CCC(C)(C)C(CCO)CCO)CN(CCO)CCO. The van der Waals surface area contributed by atoms with Crippen molar-refractivity contribution >= 4 is 0 Å². The first kappa shape index (κ1) is 22.8. The third kappa shape index (κ3) is 9.62. The molecule has 0 aromatic rings. The second kappa shape index (κ2) is 11.4. The molecule has 0 amide bonds. The van der Waals surface area contributed by atoms with Gasteiger partial charge < -0.3 is 20.4 Å². The zero-order valence-corrected chi connectivity index (χ0v) is 15.6. The second-order valence-electron chi connectivity index (χ2n) is 8.10. The average Bonchev–Trinajstić information content (AvgIpc) is 2.45. The third-order valence-electron chi connectivity index (χ3n) is 4.99. The maximum Gasteiger partial charge on any atom is 0.0558 e. The standard InChI is InChI=1S/C18H39NO4/c1-17(2,15-19(9-13-22)10-14-23)7-8-18(3,4)16(5-11-20)6-12-21/h16,20-23H,5-15H2,1-4H3. The fraction of sp³-hybridized carbons (Fsp3) is 1.00. The number of rotatable bonds is 14. The molecule has 5 heteroatoms. The topological polar surface area (TPSA) is 84.2 Å². The monoisotopic (exact) mass is 333 g/mol. The van der Waals surface area contributed by atoms with Crippen LogP contribution in [0.1, 0.15) is 53.4 Å². The number of hydrogen-bond donors (Lipinski definition) is 4. The molecule has 0 saturated carbocycles. The van der Waals surface area contributed by atoms with Gasteiger partial charge in [0.1, 0.15) is 0 Å². The van der Waals surface area contributed by atoms with E-state index in [1.807, 2.05) is 0 Å². The molecule has 0 fully saturated rings. The van der Waals surface area contributed by atoms with Gasteiger partial charge in [-0.05, 0) is 42.4 Å². The van der Waals surface area contributed by atoms with Gasteiger partial charge in [-0.25, -0.2) is 0 Å². The second-order valence-corrected chi connectivity index (χ2v) is 8.10. The summed E-state index contributed by atoms with van der Waals surface area (Å²) in [5.41, 5.74) is 0.159. The third-order valence-corrected chi connectivity index (χ3v) is 4.99. The molecule has 0 unspecified atom stereocenters. The van der Waals surface area contributed by atoms with Gasteiger partial charge in [-0.3, -0.25) is 4.90 Å². The Bertz CT molecular complexity index is 283. The van der Waals surface area contributed by atoms with Gasteiger partial charge in [0, 0.05) is 32.8 Å². The Hall–Kier alpha value is -0.200. The van der Waals surface area contributed by atoms with Crippen molar-refractivity contribution in [2.45, 2.75) is 53.4 Å². The highest BCUT2D eigenvalue weighted by molar-refractivity contribution is 4.83. The average molecular weight is 334 g/mol. The molecule has 23 heavy (non-hydrogen) atoms. The summed E-state index contributed by atoms with van der Waals surface area (Å²) in [6.07, 6.45) is 3.52. The van der Waals surface area contributed by atoms with Crippen molar-refractivity contribution in [2.24, 2.45) is 16.7 Å². The van der Waals surface area contributed by atoms with Crippen LogP contribution in [0.15, 0.2) is 0 Å². The van der Waals surface area contributed by atoms with Crippen molar-refractivity contribution in [3.05, 3.63) is 0 Å². The van der Waals surface area contributed by atoms with Crippen LogP contribution in [0, 0.1) is 16.7 Å². The van der Waals surface area contributed by atoms with E-state index in [4.69, 9.17) is 10.2 Å². The van der Waals surface area contributed by atoms with Crippen LogP contribution < -0.4 is 0 Å². The van der Waals surface area contributed by atoms with Crippen LogP contribution >= 0.6 is 0 Å². The first-order valence-electron chi connectivity index (χ1n) is 8.88. The highest BCUT2D eigenvalue weighted by Crippen LogP contribution is 2.39. The zero-order chi connectivity index (χ0) is 17.9. The van der Waals surface area contributed by atoms with Crippen molar-refractivity contribution < 1.29 is 20.4 Å². The van der Waals surface area contributed by atoms with Crippen LogP contribution in [-0.4, -0.2) is 71.4 Å². The molecule has 0 aliphatic rings. The van der Waals surface area contributed by atoms with Gasteiger partial charge in [0.05, 0.1) is 13.2 Å². The van der Waals surface area contributed by atoms with Gasteiger partial charge in [0.15, 0.2) is 0 Å². The molecule has 4 N–H and O–H groups in total. The van der Waals surface area contributed by atoms with Crippen molar-refractivity contribution in [2.75, 3.05) is 46.1 Å². The molecule has 0 aromatic carbocycles. The minimum Gasteiger partial charge on any atom is -0.396 e. The Morgan fingerprint density at radius 2 is 1.22 bits per heavy atom. The van der Waals surface area contributed by atoms with Crippen molar-refractivity contribution in [3.8, 4) is 0 Å². The fourth-order valence-electron chi connectivity index (χ4n) is 3.34. The van der Waals surface area contributed by atoms with E-state index in [1.54, 1.807) is 0 Å². The van der Waals surface area contributed by atoms with Gasteiger partial charge in [0.25, 0.3) is 0 Å². The minimum atomic E-state index is 0.0709. The highest BCUT2D eigenvalue weighted by atomic mass is 16.3. The molecular weight excluding hydrogens is 294 g/mol. The number of nitrogens with zero attached hydrogens (tertiary/aromatic N) is 1. The van der Waals surface area contributed by atoms with Crippen molar-refractivity contribution in [1.82, 2.24) is 4.90 Å². The smallest absolute Gasteiger partial charge is 0.0558 e. The molecule has 0 heterocycles. The summed E-state index contributed by atoms with van der Waals surface area (Å²) in [6, 6.07) is 0. The predicted molar refractivity (Wildman–Crippen MR) is 94.3 cm³/mol. The molecule has 0 rings (SSSR count). The normalized spacial score (nSPS) is 13.3. The Balaban J connectivity index is 4.62. The number of aliphatic hydroxyl groups excluding tert-OH is 4. The van der Waals surface area contributed by atoms with E-state index >= 15 is 0 Å². The Morgan fingerprint density at radius 1 is 0.739 bits per heavy atom. The molecule has 0 bridgehead atoms. The van der Waals surface area contributed by atoms with Crippen molar-refractivity contribution in [3.63, 3.8) is 0 Å². The molecule has 0 spiro atoms. The molecule has 0 saturated heterocycles. The molecule has 0 aliphatic carbocycles. The zero-order valence-electron chi connectivity index (χ0n) is 15.6. The van der Waals surface area contributed by atoms with Crippen LogP contribution in [-0.2, 0) is 0 Å². The lowest BCUT2D eigenvalue weighted by Gasteiger charge is -2.38. The van der Waals surface area contributed by atoms with Gasteiger partial charge >= 0.3 is 0 Å². The number of aliphatic hydroxyl groups is 4. The first-order valence-corrected chi connectivity index (χ1v) is 8.88. The van der Waals surface area contributed by atoms with Crippen molar-refractivity contribution in [1.29, 1.82) is 0 Å². The molecule has 140 valence electrons. The summed E-state index contributed by atoms with van der Waals surface area (Å²) in [4.78, 5) is 2.10. The molecule has 0 radical (unpaired) electrons. The summed E-state index contributed by atoms with van der Waals surface area (Å²) in [5.74, 6) is 0.319. The van der Waals surface area contributed by atoms with Gasteiger partial charge in [-0.1, -0.05) is 27.7 Å². The van der Waals surface area contributed by atoms with Crippen LogP contribution in [0.5, 0.6) is 0 Å². The predicted octanol–water partition coefficient (Wildman–Crippen LogP) is 1.49. The lowest BCUT2D eigenvalue weighted by atomic mass is 9.69. The highest BCUT2D eigenvalue weighted by Gasteiger charge is 2.31. The maximum atomic E-state index is 9.26. The first-order chi connectivity index (χ1) is 10.7. The number of hydrogen-bond acceptors (Lipinski definition) is 5. The van der Waals surface area contributed by atoms with Crippen LogP contribution in [0.2, 0.25) is 0 Å². The van der Waals surface area contributed by atoms with E-state index in [-0.39, 0.29) is 37.3 Å². The van der Waals surface area contributed by atoms with Gasteiger partial charge in [0.2, 0.25) is 0 Å². The van der Waals surface area contributed by atoms with E-state index in [1.165, 1.54) is 0 Å². The van der Waals surface area contributed by atoms with E-state index < -0.39 is 0 Å². The minimum absolute atomic E-state index is 0.0709. The molecule has 0 atom stereocenters. The fourth-order valence-corrected chi connectivity index (χ4v) is 3.34. The molecule has 0 aromatic heterocycles. The molecular formula is C18H39NO4. The maximum absolute atomic E-state index is 9.26. The van der Waals surface area contributed by atoms with Crippen LogP contribution in [0.25, 0.3) is 0 Å². The van der Waals surface area contributed by atoms with Gasteiger partial charge in [-0.2, -0.15) is 0 Å². The summed E-state index contributed by atoms with van der Waals surface area (Å²) in [7, 11) is 0. The Kier molecular flexibility index (Phi) is 11.3. The Labute approximate surface area is 142 Å². The lowest BCUT2D eigenvalue weighted by molar-refractivity contribution is 0.0807. The van der Waals surface area contributed by atoms with E-state index in [9.17, 15) is 10.2 Å². The Morgan fingerprint density at radius 3 is 1.61 bits per heavy atom. The summed E-state index contributed by atoms with van der Waals surface area (Å²) >= 11 is 0. The van der Waals surface area contributed by atoms with E-state index in [0.29, 0.717) is 19.0 Å². The summed E-state index contributed by atoms with van der Waals surface area (Å²) < 4.78 is 0. The lowest BCUT2D eigenvalue weighted by Crippen LogP contribution is -2.39.